The lowest BCUT2D eigenvalue weighted by atomic mass is 10.0. The molecular weight excluding hydrogens is 368 g/mol. The molecule has 1 fully saturated rings. The molecule has 3 nitrogen and oxygen atoms in total. The second-order valence-corrected chi connectivity index (χ2v) is 8.18. The van der Waals surface area contributed by atoms with Crippen molar-refractivity contribution in [3.8, 4) is 0 Å². The first-order valence-electron chi connectivity index (χ1n) is 11.0. The number of benzene rings is 3. The summed E-state index contributed by atoms with van der Waals surface area (Å²) in [5, 5.41) is 3.35. The minimum absolute atomic E-state index is 0.111. The fourth-order valence-electron chi connectivity index (χ4n) is 4.39. The lowest BCUT2D eigenvalue weighted by Crippen LogP contribution is -2.43. The monoisotopic (exact) mass is 398 g/mol. The van der Waals surface area contributed by atoms with Crippen molar-refractivity contribution >= 4 is 5.91 Å². The molecule has 1 unspecified atom stereocenters. The van der Waals surface area contributed by atoms with Gasteiger partial charge >= 0.3 is 0 Å². The SMILES string of the molecule is O=C(NC1CCCC1)C(c1ccccc1)N(Cc1ccccc1)Cc1ccccc1. The van der Waals surface area contributed by atoms with Crippen molar-refractivity contribution in [2.24, 2.45) is 0 Å². The zero-order valence-electron chi connectivity index (χ0n) is 17.4. The Morgan fingerprint density at radius 1 is 0.767 bits per heavy atom. The van der Waals surface area contributed by atoms with Gasteiger partial charge in [-0.05, 0) is 29.5 Å². The van der Waals surface area contributed by atoms with E-state index in [9.17, 15) is 4.79 Å². The minimum Gasteiger partial charge on any atom is -0.352 e. The van der Waals surface area contributed by atoms with E-state index in [4.69, 9.17) is 0 Å². The van der Waals surface area contributed by atoms with Gasteiger partial charge in [0, 0.05) is 19.1 Å². The van der Waals surface area contributed by atoms with Crippen molar-refractivity contribution in [1.82, 2.24) is 10.2 Å². The molecule has 0 aliphatic heterocycles. The molecule has 1 aliphatic carbocycles. The first-order valence-corrected chi connectivity index (χ1v) is 11.0. The number of nitrogens with zero attached hydrogens (tertiary/aromatic N) is 1. The number of rotatable bonds is 8. The molecule has 1 amide bonds. The predicted molar refractivity (Wildman–Crippen MR) is 122 cm³/mol. The molecule has 3 heteroatoms. The maximum absolute atomic E-state index is 13.6. The Hall–Kier alpha value is -2.91. The summed E-state index contributed by atoms with van der Waals surface area (Å²) in [4.78, 5) is 15.9. The molecule has 0 saturated heterocycles. The van der Waals surface area contributed by atoms with Crippen molar-refractivity contribution in [2.75, 3.05) is 0 Å². The van der Waals surface area contributed by atoms with Crippen molar-refractivity contribution in [3.63, 3.8) is 0 Å². The first kappa shape index (κ1) is 20.4. The number of carbonyl (C=O) groups excluding carboxylic acids is 1. The summed E-state index contributed by atoms with van der Waals surface area (Å²) in [6.45, 7) is 1.43. The summed E-state index contributed by atoms with van der Waals surface area (Å²) in [6.07, 6.45) is 4.59. The van der Waals surface area contributed by atoms with Gasteiger partial charge < -0.3 is 5.32 Å². The van der Waals surface area contributed by atoms with Crippen molar-refractivity contribution in [3.05, 3.63) is 108 Å². The van der Waals surface area contributed by atoms with Gasteiger partial charge in [-0.3, -0.25) is 9.69 Å². The zero-order chi connectivity index (χ0) is 20.6. The average molecular weight is 399 g/mol. The van der Waals surface area contributed by atoms with Gasteiger partial charge in [0.15, 0.2) is 0 Å². The smallest absolute Gasteiger partial charge is 0.242 e. The maximum atomic E-state index is 13.6. The maximum Gasteiger partial charge on any atom is 0.242 e. The van der Waals surface area contributed by atoms with E-state index in [0.29, 0.717) is 19.1 Å². The molecule has 0 spiro atoms. The minimum atomic E-state index is -0.327. The van der Waals surface area contributed by atoms with Crippen LogP contribution in [0.1, 0.15) is 48.4 Å². The van der Waals surface area contributed by atoms with Crippen molar-refractivity contribution < 1.29 is 4.79 Å². The highest BCUT2D eigenvalue weighted by atomic mass is 16.2. The van der Waals surface area contributed by atoms with Gasteiger partial charge in [-0.2, -0.15) is 0 Å². The molecule has 154 valence electrons. The van der Waals surface area contributed by atoms with E-state index >= 15 is 0 Å². The fourth-order valence-corrected chi connectivity index (χ4v) is 4.39. The fraction of sp³-hybridized carbons (Fsp3) is 0.296. The van der Waals surface area contributed by atoms with Crippen LogP contribution in [0.5, 0.6) is 0 Å². The van der Waals surface area contributed by atoms with E-state index < -0.39 is 0 Å². The number of hydrogen-bond acceptors (Lipinski definition) is 2. The predicted octanol–water partition coefficient (Wildman–Crippen LogP) is 5.49. The van der Waals surface area contributed by atoms with Gasteiger partial charge in [0.1, 0.15) is 6.04 Å². The molecule has 30 heavy (non-hydrogen) atoms. The molecule has 0 radical (unpaired) electrons. The van der Waals surface area contributed by atoms with Crippen molar-refractivity contribution in [1.29, 1.82) is 0 Å². The van der Waals surface area contributed by atoms with Crippen LogP contribution in [0, 0.1) is 0 Å². The Balaban J connectivity index is 1.66. The van der Waals surface area contributed by atoms with E-state index in [1.807, 2.05) is 30.3 Å². The number of hydrogen-bond donors (Lipinski definition) is 1. The van der Waals surface area contributed by atoms with Crippen LogP contribution < -0.4 is 5.32 Å². The highest BCUT2D eigenvalue weighted by Gasteiger charge is 2.30. The Bertz CT molecular complexity index is 864. The van der Waals surface area contributed by atoms with E-state index in [1.54, 1.807) is 0 Å². The topological polar surface area (TPSA) is 32.3 Å². The average Bonchev–Trinajstić information content (AvgIpc) is 3.29. The summed E-state index contributed by atoms with van der Waals surface area (Å²) in [7, 11) is 0. The van der Waals surface area contributed by atoms with E-state index in [1.165, 1.54) is 24.0 Å². The Morgan fingerprint density at radius 2 is 1.23 bits per heavy atom. The standard InChI is InChI=1S/C27H30N2O/c30-27(28-25-18-10-11-19-25)26(24-16-8-3-9-17-24)29(20-22-12-4-1-5-13-22)21-23-14-6-2-7-15-23/h1-9,12-17,25-26H,10-11,18-21H2,(H,28,30). The van der Waals surface area contributed by atoms with Crippen LogP contribution in [0.2, 0.25) is 0 Å². The summed E-state index contributed by atoms with van der Waals surface area (Å²) in [5.74, 6) is 0.111. The van der Waals surface area contributed by atoms with Gasteiger partial charge in [0.25, 0.3) is 0 Å². The third-order valence-corrected chi connectivity index (χ3v) is 5.89. The van der Waals surface area contributed by atoms with Gasteiger partial charge in [-0.25, -0.2) is 0 Å². The quantitative estimate of drug-likeness (QED) is 0.544. The summed E-state index contributed by atoms with van der Waals surface area (Å²) < 4.78 is 0. The molecule has 1 atom stereocenters. The van der Waals surface area contributed by atoms with Crippen LogP contribution in [0.15, 0.2) is 91.0 Å². The lowest BCUT2D eigenvalue weighted by Gasteiger charge is -2.32. The molecule has 4 rings (SSSR count). The summed E-state index contributed by atoms with van der Waals surface area (Å²) >= 11 is 0. The molecule has 0 heterocycles. The molecule has 3 aromatic rings. The van der Waals surface area contributed by atoms with E-state index in [2.05, 4.69) is 70.9 Å². The van der Waals surface area contributed by atoms with Gasteiger partial charge in [0.2, 0.25) is 5.91 Å². The number of amides is 1. The van der Waals surface area contributed by atoms with Gasteiger partial charge in [-0.1, -0.05) is 104 Å². The second-order valence-electron chi connectivity index (χ2n) is 8.18. The Morgan fingerprint density at radius 3 is 1.73 bits per heavy atom. The third kappa shape index (κ3) is 5.37. The van der Waals surface area contributed by atoms with Gasteiger partial charge in [-0.15, -0.1) is 0 Å². The normalized spacial score (nSPS) is 15.2. The van der Waals surface area contributed by atoms with Crippen LogP contribution in [-0.4, -0.2) is 16.8 Å². The molecule has 3 aromatic carbocycles. The highest BCUT2D eigenvalue weighted by molar-refractivity contribution is 5.83. The van der Waals surface area contributed by atoms with Crippen molar-refractivity contribution in [2.45, 2.75) is 50.9 Å². The summed E-state index contributed by atoms with van der Waals surface area (Å²) in [5.41, 5.74) is 3.46. The van der Waals surface area contributed by atoms with E-state index in [-0.39, 0.29) is 11.9 Å². The molecule has 1 saturated carbocycles. The van der Waals surface area contributed by atoms with Crippen LogP contribution >= 0.6 is 0 Å². The largest absolute Gasteiger partial charge is 0.352 e. The third-order valence-electron chi connectivity index (χ3n) is 5.89. The molecule has 0 bridgehead atoms. The lowest BCUT2D eigenvalue weighted by molar-refractivity contribution is -0.128. The molecular formula is C27H30N2O. The van der Waals surface area contributed by atoms with Crippen LogP contribution in [-0.2, 0) is 17.9 Å². The first-order chi connectivity index (χ1) is 14.8. The zero-order valence-corrected chi connectivity index (χ0v) is 17.4. The Kier molecular flexibility index (Phi) is 6.94. The van der Waals surface area contributed by atoms with Crippen LogP contribution in [0.3, 0.4) is 0 Å². The van der Waals surface area contributed by atoms with Gasteiger partial charge in [0.05, 0.1) is 0 Å². The van der Waals surface area contributed by atoms with E-state index in [0.717, 1.165) is 18.4 Å². The number of nitrogens with one attached hydrogen (secondary N) is 1. The van der Waals surface area contributed by atoms with Crippen LogP contribution in [0.4, 0.5) is 0 Å². The molecule has 0 aromatic heterocycles. The number of carbonyl (C=O) groups is 1. The summed E-state index contributed by atoms with van der Waals surface area (Å²) in [6, 6.07) is 31.0. The molecule has 1 N–H and O–H groups in total. The second kappa shape index (κ2) is 10.2. The Labute approximate surface area is 179 Å². The molecule has 1 aliphatic rings. The van der Waals surface area contributed by atoms with Crippen LogP contribution in [0.25, 0.3) is 0 Å². The highest BCUT2D eigenvalue weighted by Crippen LogP contribution is 2.27.